The van der Waals surface area contributed by atoms with Crippen LogP contribution in [0.4, 0.5) is 0 Å². The number of hydrogen-bond donors (Lipinski definition) is 0. The van der Waals surface area contributed by atoms with Gasteiger partial charge in [-0.05, 0) is 19.4 Å². The molecule has 0 atom stereocenters. The molecule has 1 heterocycles. The van der Waals surface area contributed by atoms with E-state index in [1.165, 1.54) is 5.56 Å². The molecule has 110 valence electrons. The van der Waals surface area contributed by atoms with E-state index in [0.717, 1.165) is 24.4 Å². The molecule has 1 aliphatic carbocycles. The fourth-order valence-corrected chi connectivity index (χ4v) is 2.45. The molecule has 0 N–H and O–H groups in total. The second-order valence-corrected chi connectivity index (χ2v) is 5.52. The maximum absolute atomic E-state index is 5.87. The molecule has 21 heavy (non-hydrogen) atoms. The van der Waals surface area contributed by atoms with Crippen molar-refractivity contribution in [3.05, 3.63) is 53.5 Å². The smallest absolute Gasteiger partial charge is 0.217 e. The van der Waals surface area contributed by atoms with Crippen molar-refractivity contribution in [3.63, 3.8) is 0 Å². The normalized spacial score (nSPS) is 20.9. The van der Waals surface area contributed by atoms with Gasteiger partial charge in [-0.15, -0.1) is 0 Å². The predicted octanol–water partition coefficient (Wildman–Crippen LogP) is 3.22. The van der Waals surface area contributed by atoms with Crippen LogP contribution in [0, 0.1) is 13.8 Å². The minimum Gasteiger partial charge on any atom is -0.474 e. The molecule has 0 amide bonds. The number of nitrogens with zero attached hydrogens (tertiary/aromatic N) is 2. The first kappa shape index (κ1) is 14.0. The van der Waals surface area contributed by atoms with E-state index in [1.807, 2.05) is 38.1 Å². The van der Waals surface area contributed by atoms with E-state index in [0.29, 0.717) is 18.6 Å². The van der Waals surface area contributed by atoms with Gasteiger partial charge in [-0.25, -0.2) is 4.98 Å². The number of aryl methyl sites for hydroxylation is 2. The Morgan fingerprint density at radius 3 is 2.52 bits per heavy atom. The Labute approximate surface area is 125 Å². The zero-order chi connectivity index (χ0) is 14.7. The van der Waals surface area contributed by atoms with E-state index in [2.05, 4.69) is 22.1 Å². The minimum atomic E-state index is 0.208. The van der Waals surface area contributed by atoms with E-state index in [4.69, 9.17) is 9.47 Å². The molecule has 0 bridgehead atoms. The zero-order valence-corrected chi connectivity index (χ0v) is 12.5. The van der Waals surface area contributed by atoms with Crippen molar-refractivity contribution in [2.75, 3.05) is 0 Å². The summed E-state index contributed by atoms with van der Waals surface area (Å²) in [7, 11) is 0. The molecular formula is C17H20N2O2. The first-order valence-electron chi connectivity index (χ1n) is 7.33. The molecule has 0 spiro atoms. The molecule has 4 nitrogen and oxygen atoms in total. The van der Waals surface area contributed by atoms with Gasteiger partial charge < -0.3 is 9.47 Å². The minimum absolute atomic E-state index is 0.208. The standard InChI is InChI=1S/C17H20N2O2/c1-12-8-17(19-13(2)18-12)21-16-9-15(10-16)20-11-14-6-4-3-5-7-14/h3-8,15-16H,9-11H2,1-2H3. The molecule has 2 aromatic rings. The number of benzene rings is 1. The highest BCUT2D eigenvalue weighted by molar-refractivity contribution is 5.16. The van der Waals surface area contributed by atoms with Crippen molar-refractivity contribution in [1.29, 1.82) is 0 Å². The second-order valence-electron chi connectivity index (χ2n) is 5.52. The highest BCUT2D eigenvalue weighted by Gasteiger charge is 2.32. The van der Waals surface area contributed by atoms with Crippen molar-refractivity contribution in [2.24, 2.45) is 0 Å². The average Bonchev–Trinajstić information content (AvgIpc) is 2.41. The summed E-state index contributed by atoms with van der Waals surface area (Å²) in [5.41, 5.74) is 2.15. The summed E-state index contributed by atoms with van der Waals surface area (Å²) < 4.78 is 11.7. The quantitative estimate of drug-likeness (QED) is 0.845. The van der Waals surface area contributed by atoms with Crippen LogP contribution in [-0.4, -0.2) is 22.2 Å². The number of ether oxygens (including phenoxy) is 2. The molecule has 1 aromatic carbocycles. The van der Waals surface area contributed by atoms with Gasteiger partial charge in [0.1, 0.15) is 11.9 Å². The van der Waals surface area contributed by atoms with E-state index in [-0.39, 0.29) is 6.10 Å². The van der Waals surface area contributed by atoms with Crippen LogP contribution < -0.4 is 4.74 Å². The van der Waals surface area contributed by atoms with Crippen LogP contribution in [-0.2, 0) is 11.3 Å². The summed E-state index contributed by atoms with van der Waals surface area (Å²) in [5.74, 6) is 1.42. The first-order valence-corrected chi connectivity index (χ1v) is 7.33. The van der Waals surface area contributed by atoms with Gasteiger partial charge in [-0.1, -0.05) is 30.3 Å². The van der Waals surface area contributed by atoms with Gasteiger partial charge in [0.05, 0.1) is 12.7 Å². The summed E-state index contributed by atoms with van der Waals surface area (Å²) in [6.45, 7) is 4.50. The lowest BCUT2D eigenvalue weighted by molar-refractivity contribution is -0.0695. The SMILES string of the molecule is Cc1cc(OC2CC(OCc3ccccc3)C2)nc(C)n1. The molecule has 1 saturated carbocycles. The second kappa shape index (κ2) is 6.22. The summed E-state index contributed by atoms with van der Waals surface area (Å²) in [4.78, 5) is 8.55. The highest BCUT2D eigenvalue weighted by Crippen LogP contribution is 2.28. The zero-order valence-electron chi connectivity index (χ0n) is 12.5. The summed E-state index contributed by atoms with van der Waals surface area (Å²) in [6, 6.07) is 12.1. The molecule has 0 aliphatic heterocycles. The fourth-order valence-electron chi connectivity index (χ4n) is 2.45. The molecule has 0 radical (unpaired) electrons. The van der Waals surface area contributed by atoms with Gasteiger partial charge in [-0.3, -0.25) is 0 Å². The molecule has 1 aliphatic rings. The van der Waals surface area contributed by atoms with Gasteiger partial charge >= 0.3 is 0 Å². The summed E-state index contributed by atoms with van der Waals surface area (Å²) in [6.07, 6.45) is 2.35. The molecule has 1 aromatic heterocycles. The van der Waals surface area contributed by atoms with Crippen LogP contribution in [0.2, 0.25) is 0 Å². The van der Waals surface area contributed by atoms with Crippen molar-refractivity contribution >= 4 is 0 Å². The van der Waals surface area contributed by atoms with Crippen LogP contribution in [0.25, 0.3) is 0 Å². The number of aromatic nitrogens is 2. The average molecular weight is 284 g/mol. The number of rotatable bonds is 5. The van der Waals surface area contributed by atoms with E-state index >= 15 is 0 Å². The Hall–Kier alpha value is -1.94. The monoisotopic (exact) mass is 284 g/mol. The Bertz CT molecular complexity index is 575. The first-order chi connectivity index (χ1) is 10.2. The maximum atomic E-state index is 5.87. The van der Waals surface area contributed by atoms with Gasteiger partial charge in [0.25, 0.3) is 0 Å². The van der Waals surface area contributed by atoms with Crippen molar-refractivity contribution < 1.29 is 9.47 Å². The van der Waals surface area contributed by atoms with Crippen molar-refractivity contribution in [2.45, 2.75) is 45.5 Å². The van der Waals surface area contributed by atoms with Crippen LogP contribution >= 0.6 is 0 Å². The third-order valence-corrected chi connectivity index (χ3v) is 3.61. The molecule has 0 saturated heterocycles. The van der Waals surface area contributed by atoms with Gasteiger partial charge in [0.2, 0.25) is 5.88 Å². The topological polar surface area (TPSA) is 44.2 Å². The summed E-state index contributed by atoms with van der Waals surface area (Å²) >= 11 is 0. The number of hydrogen-bond acceptors (Lipinski definition) is 4. The third-order valence-electron chi connectivity index (χ3n) is 3.61. The van der Waals surface area contributed by atoms with Crippen molar-refractivity contribution in [3.8, 4) is 5.88 Å². The van der Waals surface area contributed by atoms with E-state index in [9.17, 15) is 0 Å². The summed E-state index contributed by atoms with van der Waals surface area (Å²) in [5, 5.41) is 0. The third kappa shape index (κ3) is 3.79. The molecule has 1 fully saturated rings. The molecule has 4 heteroatoms. The molecule has 3 rings (SSSR count). The highest BCUT2D eigenvalue weighted by atomic mass is 16.5. The van der Waals surface area contributed by atoms with Gasteiger partial charge in [0.15, 0.2) is 0 Å². The van der Waals surface area contributed by atoms with E-state index in [1.54, 1.807) is 0 Å². The maximum Gasteiger partial charge on any atom is 0.217 e. The predicted molar refractivity (Wildman–Crippen MR) is 80.2 cm³/mol. The fraction of sp³-hybridized carbons (Fsp3) is 0.412. The van der Waals surface area contributed by atoms with Crippen LogP contribution in [0.3, 0.4) is 0 Å². The van der Waals surface area contributed by atoms with Crippen LogP contribution in [0.1, 0.15) is 29.9 Å². The van der Waals surface area contributed by atoms with Crippen LogP contribution in [0.5, 0.6) is 5.88 Å². The molecular weight excluding hydrogens is 264 g/mol. The lowest BCUT2D eigenvalue weighted by Crippen LogP contribution is -2.39. The van der Waals surface area contributed by atoms with Crippen molar-refractivity contribution in [1.82, 2.24) is 9.97 Å². The van der Waals surface area contributed by atoms with Gasteiger partial charge in [-0.2, -0.15) is 4.98 Å². The molecule has 0 unspecified atom stereocenters. The lowest BCUT2D eigenvalue weighted by atomic mass is 9.92. The van der Waals surface area contributed by atoms with E-state index < -0.39 is 0 Å². The lowest BCUT2D eigenvalue weighted by Gasteiger charge is -2.34. The van der Waals surface area contributed by atoms with Gasteiger partial charge in [0, 0.05) is 24.6 Å². The Kier molecular flexibility index (Phi) is 4.15. The Balaban J connectivity index is 1.43. The Morgan fingerprint density at radius 2 is 1.81 bits per heavy atom. The Morgan fingerprint density at radius 1 is 1.05 bits per heavy atom. The largest absolute Gasteiger partial charge is 0.474 e. The van der Waals surface area contributed by atoms with Crippen LogP contribution in [0.15, 0.2) is 36.4 Å².